The lowest BCUT2D eigenvalue weighted by Crippen LogP contribution is -2.23. The van der Waals surface area contributed by atoms with Gasteiger partial charge in [-0.3, -0.25) is 0 Å². The molecule has 0 fully saturated rings. The van der Waals surface area contributed by atoms with Crippen molar-refractivity contribution in [2.24, 2.45) is 0 Å². The Morgan fingerprint density at radius 3 is 2.89 bits per heavy atom. The minimum Gasteiger partial charge on any atom is -0.485 e. The molecule has 2 heterocycles. The Kier molecular flexibility index (Phi) is 6.53. The summed E-state index contributed by atoms with van der Waals surface area (Å²) in [6.07, 6.45) is 2.44. The summed E-state index contributed by atoms with van der Waals surface area (Å²) < 4.78 is 32.7. The van der Waals surface area contributed by atoms with Gasteiger partial charge in [-0.05, 0) is 42.5 Å². The van der Waals surface area contributed by atoms with Crippen LogP contribution in [0.5, 0.6) is 5.75 Å². The number of allylic oxidation sites excluding steroid dienone is 1. The van der Waals surface area contributed by atoms with Gasteiger partial charge in [-0.1, -0.05) is 11.8 Å². The maximum atomic E-state index is 13.8. The Balaban J connectivity index is 1.72. The number of benzene rings is 1. The van der Waals surface area contributed by atoms with Gasteiger partial charge in [-0.2, -0.15) is 4.39 Å². The smallest absolute Gasteiger partial charge is 0.230 e. The molecule has 1 aromatic carbocycles. The highest BCUT2D eigenvalue weighted by atomic mass is 32.1. The molecule has 1 unspecified atom stereocenters. The van der Waals surface area contributed by atoms with E-state index in [1.807, 2.05) is 0 Å². The van der Waals surface area contributed by atoms with Gasteiger partial charge in [0, 0.05) is 7.05 Å². The molecule has 0 amide bonds. The van der Waals surface area contributed by atoms with Gasteiger partial charge in [0.25, 0.3) is 0 Å². The van der Waals surface area contributed by atoms with Crippen molar-refractivity contribution in [1.82, 2.24) is 9.97 Å². The topological polar surface area (TPSA) is 67.3 Å². The summed E-state index contributed by atoms with van der Waals surface area (Å²) in [6, 6.07) is 8.40. The van der Waals surface area contributed by atoms with Crippen molar-refractivity contribution in [3.63, 3.8) is 0 Å². The predicted octanol–water partition coefficient (Wildman–Crippen LogP) is 3.65. The van der Waals surface area contributed by atoms with E-state index in [9.17, 15) is 8.78 Å². The minimum atomic E-state index is -0.878. The van der Waals surface area contributed by atoms with Gasteiger partial charge in [0.2, 0.25) is 5.95 Å². The van der Waals surface area contributed by atoms with E-state index in [0.29, 0.717) is 11.6 Å². The number of aliphatic hydroxyl groups excluding tert-OH is 1. The third-order valence-corrected chi connectivity index (χ3v) is 4.66. The summed E-state index contributed by atoms with van der Waals surface area (Å²) in [5, 5.41) is 12.5. The average Bonchev–Trinajstić information content (AvgIpc) is 3.12. The fourth-order valence-corrected chi connectivity index (χ4v) is 3.18. The van der Waals surface area contributed by atoms with Crippen LogP contribution in [0.15, 0.2) is 36.4 Å². The number of aliphatic hydroxyl groups is 1. The molecule has 0 aliphatic rings. The minimum absolute atomic E-state index is 0.209. The van der Waals surface area contributed by atoms with Crippen LogP contribution in [-0.4, -0.2) is 41.5 Å². The van der Waals surface area contributed by atoms with E-state index in [1.165, 1.54) is 11.3 Å². The summed E-state index contributed by atoms with van der Waals surface area (Å²) in [4.78, 5) is 8.18. The second-order valence-corrected chi connectivity index (χ2v) is 6.71. The molecule has 3 aromatic rings. The van der Waals surface area contributed by atoms with Crippen LogP contribution in [0.1, 0.15) is 10.6 Å². The van der Waals surface area contributed by atoms with Crippen molar-refractivity contribution in [3.8, 4) is 17.6 Å². The molecular weight excluding hydrogens is 384 g/mol. The lowest BCUT2D eigenvalue weighted by molar-refractivity contribution is 0.0933. The number of aromatic nitrogens is 2. The largest absolute Gasteiger partial charge is 0.485 e. The molecule has 3 rings (SSSR count). The van der Waals surface area contributed by atoms with Gasteiger partial charge in [0.15, 0.2) is 0 Å². The van der Waals surface area contributed by atoms with E-state index >= 15 is 0 Å². The van der Waals surface area contributed by atoms with Gasteiger partial charge >= 0.3 is 0 Å². The summed E-state index contributed by atoms with van der Waals surface area (Å²) in [5.41, 5.74) is 0.977. The first-order valence-corrected chi connectivity index (χ1v) is 9.21. The van der Waals surface area contributed by atoms with E-state index in [-0.39, 0.29) is 5.56 Å². The summed E-state index contributed by atoms with van der Waals surface area (Å²) >= 11 is 1.41. The molecular formula is C20H17F2N3O2S. The number of rotatable bonds is 6. The second kappa shape index (κ2) is 9.26. The van der Waals surface area contributed by atoms with Crippen LogP contribution in [0.2, 0.25) is 0 Å². The highest BCUT2D eigenvalue weighted by Crippen LogP contribution is 2.27. The number of hydrogen-bond acceptors (Lipinski definition) is 6. The standard InChI is InChI=1S/C20H17F2N3O2S/c1-23-18-9-6-13(20(22)25-18)4-2-3-5-19-24-16-8-7-14(10-17(16)28-19)27-15(11-21)12-26/h3,5-10,15,26H,11-12H2,1H3,(H,23,25)/b5-3+. The van der Waals surface area contributed by atoms with Crippen molar-refractivity contribution >= 4 is 33.4 Å². The molecule has 0 aliphatic carbocycles. The number of hydrogen-bond donors (Lipinski definition) is 2. The molecule has 0 saturated carbocycles. The number of thiazole rings is 1. The summed E-state index contributed by atoms with van der Waals surface area (Å²) in [7, 11) is 1.66. The number of fused-ring (bicyclic) bond motifs is 1. The molecule has 8 heteroatoms. The highest BCUT2D eigenvalue weighted by molar-refractivity contribution is 7.19. The Labute approximate surface area is 164 Å². The zero-order valence-corrected chi connectivity index (χ0v) is 15.8. The average molecular weight is 401 g/mol. The Morgan fingerprint density at radius 2 is 2.18 bits per heavy atom. The third-order valence-electron chi connectivity index (χ3n) is 3.68. The number of pyridine rings is 1. The normalized spacial score (nSPS) is 12.0. The highest BCUT2D eigenvalue weighted by Gasteiger charge is 2.10. The Hall–Kier alpha value is -3.02. The number of nitrogens with zero attached hydrogens (tertiary/aromatic N) is 2. The van der Waals surface area contributed by atoms with Crippen molar-refractivity contribution < 1.29 is 18.6 Å². The van der Waals surface area contributed by atoms with E-state index in [2.05, 4.69) is 27.1 Å². The Bertz CT molecular complexity index is 1050. The quantitative estimate of drug-likeness (QED) is 0.488. The van der Waals surface area contributed by atoms with Crippen molar-refractivity contribution in [3.05, 3.63) is 52.9 Å². The van der Waals surface area contributed by atoms with Crippen LogP contribution in [0.25, 0.3) is 16.3 Å². The number of alkyl halides is 1. The molecule has 0 bridgehead atoms. The zero-order valence-electron chi connectivity index (χ0n) is 14.9. The van der Waals surface area contributed by atoms with E-state index in [1.54, 1.807) is 49.5 Å². The van der Waals surface area contributed by atoms with Crippen molar-refractivity contribution in [1.29, 1.82) is 0 Å². The predicted molar refractivity (Wildman–Crippen MR) is 107 cm³/mol. The van der Waals surface area contributed by atoms with E-state index in [4.69, 9.17) is 9.84 Å². The van der Waals surface area contributed by atoms with Crippen LogP contribution in [0.4, 0.5) is 14.6 Å². The van der Waals surface area contributed by atoms with Crippen LogP contribution in [0.3, 0.4) is 0 Å². The van der Waals surface area contributed by atoms with Crippen LogP contribution in [0, 0.1) is 17.8 Å². The molecule has 1 atom stereocenters. The van der Waals surface area contributed by atoms with Crippen LogP contribution in [-0.2, 0) is 0 Å². The van der Waals surface area contributed by atoms with Crippen molar-refractivity contribution in [2.75, 3.05) is 25.6 Å². The molecule has 28 heavy (non-hydrogen) atoms. The Morgan fingerprint density at radius 1 is 1.32 bits per heavy atom. The van der Waals surface area contributed by atoms with Crippen molar-refractivity contribution in [2.45, 2.75) is 6.10 Å². The van der Waals surface area contributed by atoms with Gasteiger partial charge in [0.05, 0.1) is 22.4 Å². The monoisotopic (exact) mass is 401 g/mol. The molecule has 0 spiro atoms. The second-order valence-electron chi connectivity index (χ2n) is 5.65. The first-order valence-electron chi connectivity index (χ1n) is 8.39. The maximum absolute atomic E-state index is 13.8. The number of ether oxygens (including phenoxy) is 1. The third kappa shape index (κ3) is 4.82. The number of anilines is 1. The molecule has 0 saturated heterocycles. The number of halogens is 2. The number of nitrogens with one attached hydrogen (secondary N) is 1. The van der Waals surface area contributed by atoms with E-state index < -0.39 is 25.3 Å². The van der Waals surface area contributed by atoms with Crippen LogP contribution >= 0.6 is 11.3 Å². The maximum Gasteiger partial charge on any atom is 0.230 e. The molecule has 5 nitrogen and oxygen atoms in total. The molecule has 0 aliphatic heterocycles. The zero-order chi connectivity index (χ0) is 19.9. The van der Waals surface area contributed by atoms with Gasteiger partial charge in [-0.15, -0.1) is 11.3 Å². The lowest BCUT2D eigenvalue weighted by Gasteiger charge is -2.12. The SMILES string of the molecule is CNc1ccc(C#C/C=C/c2nc3ccc(OC(CO)CF)cc3s2)c(F)n1. The fraction of sp³-hybridized carbons (Fsp3) is 0.200. The summed E-state index contributed by atoms with van der Waals surface area (Å²) in [6.45, 7) is -1.16. The fourth-order valence-electron chi connectivity index (χ4n) is 2.28. The first kappa shape index (κ1) is 19.7. The molecule has 2 N–H and O–H groups in total. The molecule has 2 aromatic heterocycles. The van der Waals surface area contributed by atoms with Crippen LogP contribution < -0.4 is 10.1 Å². The van der Waals surface area contributed by atoms with E-state index in [0.717, 1.165) is 15.2 Å². The summed E-state index contributed by atoms with van der Waals surface area (Å²) in [5.74, 6) is 5.75. The first-order chi connectivity index (χ1) is 13.6. The van der Waals surface area contributed by atoms with Gasteiger partial charge in [0.1, 0.15) is 29.4 Å². The molecule has 144 valence electrons. The van der Waals surface area contributed by atoms with Gasteiger partial charge in [-0.25, -0.2) is 14.4 Å². The van der Waals surface area contributed by atoms with Gasteiger partial charge < -0.3 is 15.2 Å². The lowest BCUT2D eigenvalue weighted by atomic mass is 10.2. The molecule has 0 radical (unpaired) electrons.